The normalized spacial score (nSPS) is 33.5. The number of fused-ring (bicyclic) bond motifs is 2. The number of anilines is 2. The van der Waals surface area contributed by atoms with Crippen LogP contribution in [0.5, 0.6) is 5.75 Å². The predicted octanol–water partition coefficient (Wildman–Crippen LogP) is 1.13. The van der Waals surface area contributed by atoms with Gasteiger partial charge in [0, 0.05) is 29.3 Å². The number of aliphatic hydroxyl groups excluding tert-OH is 5. The second-order valence-electron chi connectivity index (χ2n) is 14.4. The van der Waals surface area contributed by atoms with Gasteiger partial charge in [0.15, 0.2) is 18.0 Å². The van der Waals surface area contributed by atoms with Crippen LogP contribution in [0.2, 0.25) is 18.6 Å². The number of ether oxygens (including phenoxy) is 3. The molecule has 0 unspecified atom stereocenters. The third-order valence-electron chi connectivity index (χ3n) is 10.8. The van der Waals surface area contributed by atoms with Crippen LogP contribution in [0.15, 0.2) is 42.5 Å². The molecule has 0 saturated carbocycles. The van der Waals surface area contributed by atoms with E-state index in [0.717, 1.165) is 6.42 Å². The zero-order valence-corrected chi connectivity index (χ0v) is 29.9. The van der Waals surface area contributed by atoms with E-state index in [1.54, 1.807) is 67.4 Å². The van der Waals surface area contributed by atoms with Crippen molar-refractivity contribution in [3.05, 3.63) is 53.6 Å². The molecule has 2 aromatic rings. The zero-order valence-electron chi connectivity index (χ0n) is 28.9. The number of nitrogens with zero attached hydrogens (tertiary/aromatic N) is 2. The number of methoxy groups -OCH3 is 1. The van der Waals surface area contributed by atoms with E-state index in [9.17, 15) is 39.9 Å². The van der Waals surface area contributed by atoms with Crippen LogP contribution in [0.4, 0.5) is 15.5 Å². The van der Waals surface area contributed by atoms with E-state index in [2.05, 4.69) is 5.32 Å². The van der Waals surface area contributed by atoms with Gasteiger partial charge in [-0.3, -0.25) is 14.4 Å². The Morgan fingerprint density at radius 2 is 1.84 bits per heavy atom. The Morgan fingerprint density at radius 1 is 1.10 bits per heavy atom. The fraction of sp³-hybridized carbons (Fsp3) is 0.571. The Kier molecular flexibility index (Phi) is 10.3. The van der Waals surface area contributed by atoms with Crippen molar-refractivity contribution in [1.29, 1.82) is 0 Å². The number of hydrogen-bond donors (Lipinski definition) is 6. The van der Waals surface area contributed by atoms with Gasteiger partial charge in [-0.15, -0.1) is 0 Å². The Balaban J connectivity index is 1.29. The fourth-order valence-corrected chi connectivity index (χ4v) is 10.9. The Morgan fingerprint density at radius 3 is 2.53 bits per heavy atom. The van der Waals surface area contributed by atoms with Crippen molar-refractivity contribution in [3.8, 4) is 5.75 Å². The van der Waals surface area contributed by atoms with Gasteiger partial charge >= 0.3 is 0 Å². The number of halogens is 1. The number of amides is 3. The SMILES string of the molecule is COc1ccc2c(c1)[C@]1(O[C@@H](CC(=O)N3CCC[C@H]3CO)[C@H]([Si](C)(C)F)[C@H]1C)C(=O)N2Cc1cccc(NC(=O)[C@H]2O[C@@H](O)[C@H](O)[C@@H](O)[C@@H]2O)c1. The minimum Gasteiger partial charge on any atom is -0.497 e. The topological polar surface area (TPSA) is 199 Å². The molecular weight excluding hydrogens is 685 g/mol. The van der Waals surface area contributed by atoms with Gasteiger partial charge in [0.2, 0.25) is 14.3 Å². The van der Waals surface area contributed by atoms with Gasteiger partial charge in [-0.05, 0) is 61.8 Å². The molecule has 4 aliphatic rings. The Hall–Kier alpha value is -3.48. The lowest BCUT2D eigenvalue weighted by Gasteiger charge is -2.37. The first kappa shape index (κ1) is 37.3. The van der Waals surface area contributed by atoms with Gasteiger partial charge in [-0.1, -0.05) is 19.1 Å². The molecule has 3 fully saturated rings. The van der Waals surface area contributed by atoms with E-state index in [0.29, 0.717) is 35.5 Å². The summed E-state index contributed by atoms with van der Waals surface area (Å²) in [6, 6.07) is 11.4. The second kappa shape index (κ2) is 14.2. The molecular formula is C35H46FN3O11Si. The van der Waals surface area contributed by atoms with Gasteiger partial charge in [-0.25, -0.2) is 0 Å². The van der Waals surface area contributed by atoms with Crippen molar-refractivity contribution in [1.82, 2.24) is 4.90 Å². The molecule has 14 nitrogen and oxygen atoms in total. The molecule has 0 bridgehead atoms. The van der Waals surface area contributed by atoms with Crippen LogP contribution in [0.3, 0.4) is 0 Å². The quantitative estimate of drug-likeness (QED) is 0.160. The van der Waals surface area contributed by atoms with E-state index in [4.69, 9.17) is 14.2 Å². The third kappa shape index (κ3) is 6.56. The minimum absolute atomic E-state index is 0.0164. The van der Waals surface area contributed by atoms with E-state index in [1.807, 2.05) is 0 Å². The van der Waals surface area contributed by atoms with Crippen molar-refractivity contribution < 1.29 is 58.2 Å². The number of likely N-dealkylation sites (tertiary alicyclic amines) is 1. The molecule has 0 radical (unpaired) electrons. The first-order valence-corrected chi connectivity index (χ1v) is 20.1. The fourth-order valence-electron chi connectivity index (χ4n) is 8.37. The molecule has 10 atom stereocenters. The average molecular weight is 732 g/mol. The number of hydrogen-bond acceptors (Lipinski definition) is 11. The highest BCUT2D eigenvalue weighted by atomic mass is 28.4. The minimum atomic E-state index is -3.56. The summed E-state index contributed by atoms with van der Waals surface area (Å²) in [5.41, 5.74) is -0.473. The zero-order chi connectivity index (χ0) is 37.0. The van der Waals surface area contributed by atoms with E-state index >= 15 is 4.11 Å². The van der Waals surface area contributed by atoms with Crippen LogP contribution < -0.4 is 15.0 Å². The van der Waals surface area contributed by atoms with Crippen LogP contribution >= 0.6 is 0 Å². The van der Waals surface area contributed by atoms with Crippen LogP contribution in [0.25, 0.3) is 0 Å². The maximum Gasteiger partial charge on any atom is 0.264 e. The highest BCUT2D eigenvalue weighted by Gasteiger charge is 2.67. The summed E-state index contributed by atoms with van der Waals surface area (Å²) >= 11 is 0. The molecule has 51 heavy (non-hydrogen) atoms. The second-order valence-corrected chi connectivity index (χ2v) is 18.2. The van der Waals surface area contributed by atoms with Gasteiger partial charge in [0.05, 0.1) is 44.5 Å². The summed E-state index contributed by atoms with van der Waals surface area (Å²) in [5.74, 6) is -1.75. The highest BCUT2D eigenvalue weighted by Crippen LogP contribution is 2.60. The molecule has 2 aromatic carbocycles. The van der Waals surface area contributed by atoms with E-state index in [1.165, 1.54) is 12.0 Å². The van der Waals surface area contributed by atoms with Crippen molar-refractivity contribution in [2.75, 3.05) is 30.5 Å². The summed E-state index contributed by atoms with van der Waals surface area (Å²) in [4.78, 5) is 44.5. The van der Waals surface area contributed by atoms with Gasteiger partial charge in [0.25, 0.3) is 11.8 Å². The standard InChI is InChI=1S/C35H46FN3O11Si/c1-18-31(51(3,4)36)25(15-26(41)38-12-6-9-21(38)17-40)50-35(18)23-14-22(48-2)10-11-24(23)39(34(35)47)16-19-7-5-8-20(13-19)37-32(45)30-28(43)27(42)29(44)33(46)49-30/h5,7-8,10-11,13-14,18,21,25,27-31,33,40,42-44,46H,6,9,12,15-17H2,1-4H3,(H,37,45)/t18-,21+,25+,27+,28+,29-,30+,31-,33-,35+/m1/s1. The number of nitrogens with one attached hydrogen (secondary N) is 1. The summed E-state index contributed by atoms with van der Waals surface area (Å²) in [5, 5.41) is 52.3. The Bertz CT molecular complexity index is 1660. The molecule has 6 rings (SSSR count). The molecule has 6 N–H and O–H groups in total. The monoisotopic (exact) mass is 731 g/mol. The van der Waals surface area contributed by atoms with Crippen molar-refractivity contribution in [2.45, 2.75) is 99.8 Å². The predicted molar refractivity (Wildman–Crippen MR) is 183 cm³/mol. The lowest BCUT2D eigenvalue weighted by molar-refractivity contribution is -0.274. The molecule has 4 heterocycles. The molecule has 16 heteroatoms. The molecule has 4 aliphatic heterocycles. The lowest BCUT2D eigenvalue weighted by atomic mass is 9.82. The van der Waals surface area contributed by atoms with Crippen molar-refractivity contribution >= 4 is 37.5 Å². The molecule has 1 spiro atoms. The number of carbonyl (C=O) groups excluding carboxylic acids is 3. The third-order valence-corrected chi connectivity index (χ3v) is 13.3. The number of carbonyl (C=O) groups is 3. The summed E-state index contributed by atoms with van der Waals surface area (Å²) in [7, 11) is -2.06. The molecule has 278 valence electrons. The number of rotatable bonds is 9. The first-order chi connectivity index (χ1) is 24.1. The summed E-state index contributed by atoms with van der Waals surface area (Å²) < 4.78 is 33.6. The van der Waals surface area contributed by atoms with Gasteiger partial charge in [-0.2, -0.15) is 0 Å². The smallest absolute Gasteiger partial charge is 0.264 e. The summed E-state index contributed by atoms with van der Waals surface area (Å²) in [6.45, 7) is 5.26. The molecule has 3 amide bonds. The lowest BCUT2D eigenvalue weighted by Crippen LogP contribution is -2.60. The van der Waals surface area contributed by atoms with Gasteiger partial charge in [0.1, 0.15) is 24.1 Å². The number of benzene rings is 2. The Labute approximate surface area is 295 Å². The maximum absolute atomic E-state index is 16.3. The molecule has 3 saturated heterocycles. The van der Waals surface area contributed by atoms with Crippen molar-refractivity contribution in [3.63, 3.8) is 0 Å². The van der Waals surface area contributed by atoms with Crippen LogP contribution in [-0.4, -0.2) is 120 Å². The van der Waals surface area contributed by atoms with Crippen LogP contribution in [0, 0.1) is 5.92 Å². The van der Waals surface area contributed by atoms with Crippen LogP contribution in [0.1, 0.15) is 37.3 Å². The maximum atomic E-state index is 16.3. The average Bonchev–Trinajstić information content (AvgIpc) is 3.75. The number of aliphatic hydroxyl groups is 5. The van der Waals surface area contributed by atoms with E-state index < -0.39 is 74.1 Å². The highest BCUT2D eigenvalue weighted by molar-refractivity contribution is 6.72. The summed E-state index contributed by atoms with van der Waals surface area (Å²) in [6.07, 6.45) is -8.57. The first-order valence-electron chi connectivity index (χ1n) is 17.2. The van der Waals surface area contributed by atoms with Crippen molar-refractivity contribution in [2.24, 2.45) is 5.92 Å². The van der Waals surface area contributed by atoms with Crippen LogP contribution in [-0.2, 0) is 36.0 Å². The largest absolute Gasteiger partial charge is 0.497 e. The van der Waals surface area contributed by atoms with Gasteiger partial charge < -0.3 is 59.0 Å². The molecule has 0 aromatic heterocycles. The van der Waals surface area contributed by atoms with E-state index in [-0.39, 0.29) is 37.2 Å². The molecule has 0 aliphatic carbocycles.